The monoisotopic (exact) mass is 468 g/mol. The van der Waals surface area contributed by atoms with Gasteiger partial charge in [-0.25, -0.2) is 17.8 Å². The molecular formula is C23H17FN2O6S. The maximum absolute atomic E-state index is 13.1. The zero-order valence-corrected chi connectivity index (χ0v) is 18.1. The molecule has 8 nitrogen and oxygen atoms in total. The molecule has 33 heavy (non-hydrogen) atoms. The van der Waals surface area contributed by atoms with Gasteiger partial charge in [0.25, 0.3) is 0 Å². The second kappa shape index (κ2) is 8.83. The molecule has 0 aliphatic carbocycles. The lowest BCUT2D eigenvalue weighted by molar-refractivity contribution is -0.385. The van der Waals surface area contributed by atoms with E-state index in [4.69, 9.17) is 9.15 Å². The summed E-state index contributed by atoms with van der Waals surface area (Å²) in [7, 11) is -3.37. The van der Waals surface area contributed by atoms with Crippen LogP contribution in [-0.4, -0.2) is 24.1 Å². The Bertz CT molecular complexity index is 1480. The van der Waals surface area contributed by atoms with Crippen molar-refractivity contribution < 1.29 is 26.9 Å². The molecule has 0 amide bonds. The normalized spacial score (nSPS) is 11.8. The van der Waals surface area contributed by atoms with Crippen LogP contribution in [-0.2, 0) is 9.84 Å². The molecule has 0 fully saturated rings. The van der Waals surface area contributed by atoms with E-state index in [9.17, 15) is 22.9 Å². The Balaban J connectivity index is 1.60. The van der Waals surface area contributed by atoms with E-state index in [0.29, 0.717) is 16.7 Å². The maximum Gasteiger partial charge on any atom is 0.312 e. The van der Waals surface area contributed by atoms with Gasteiger partial charge in [0.15, 0.2) is 15.4 Å². The van der Waals surface area contributed by atoms with Crippen molar-refractivity contribution in [3.8, 4) is 11.5 Å². The molecule has 0 atom stereocenters. The summed E-state index contributed by atoms with van der Waals surface area (Å²) >= 11 is 0. The van der Waals surface area contributed by atoms with Crippen molar-refractivity contribution in [3.63, 3.8) is 0 Å². The van der Waals surface area contributed by atoms with Crippen LogP contribution in [0, 0.1) is 15.9 Å². The predicted molar refractivity (Wildman–Crippen MR) is 120 cm³/mol. The van der Waals surface area contributed by atoms with Crippen LogP contribution in [0.3, 0.4) is 0 Å². The van der Waals surface area contributed by atoms with Gasteiger partial charge in [0.1, 0.15) is 17.1 Å². The van der Waals surface area contributed by atoms with Crippen molar-refractivity contribution in [1.29, 1.82) is 0 Å². The van der Waals surface area contributed by atoms with Crippen LogP contribution in [0.5, 0.6) is 11.5 Å². The third-order valence-corrected chi connectivity index (χ3v) is 6.49. The number of nitro groups is 1. The number of hydrogen-bond acceptors (Lipinski definition) is 7. The number of ether oxygens (including phenoxy) is 1. The molecule has 0 radical (unpaired) electrons. The summed E-state index contributed by atoms with van der Waals surface area (Å²) in [6, 6.07) is 13.9. The number of oxazole rings is 1. The first-order valence-electron chi connectivity index (χ1n) is 9.78. The van der Waals surface area contributed by atoms with E-state index >= 15 is 0 Å². The first kappa shape index (κ1) is 22.2. The summed E-state index contributed by atoms with van der Waals surface area (Å²) < 4.78 is 48.3. The van der Waals surface area contributed by atoms with Crippen LogP contribution in [0.15, 0.2) is 70.0 Å². The minimum Gasteiger partial charge on any atom is -0.450 e. The van der Waals surface area contributed by atoms with Gasteiger partial charge < -0.3 is 9.15 Å². The molecule has 10 heteroatoms. The first-order chi connectivity index (χ1) is 15.7. The number of aromatic nitrogens is 1. The number of hydrogen-bond donors (Lipinski definition) is 0. The summed E-state index contributed by atoms with van der Waals surface area (Å²) in [5.41, 5.74) is 1.02. The van der Waals surface area contributed by atoms with E-state index in [2.05, 4.69) is 4.98 Å². The number of nitrogens with zero attached hydrogens (tertiary/aromatic N) is 2. The highest BCUT2D eigenvalue weighted by molar-refractivity contribution is 7.91. The predicted octanol–water partition coefficient (Wildman–Crippen LogP) is 5.63. The van der Waals surface area contributed by atoms with E-state index in [1.165, 1.54) is 60.7 Å². The second-order valence-corrected chi connectivity index (χ2v) is 9.24. The smallest absolute Gasteiger partial charge is 0.312 e. The largest absolute Gasteiger partial charge is 0.450 e. The third kappa shape index (κ3) is 4.90. The van der Waals surface area contributed by atoms with Crippen molar-refractivity contribution in [1.82, 2.24) is 4.98 Å². The van der Waals surface area contributed by atoms with Gasteiger partial charge in [0.05, 0.1) is 15.6 Å². The van der Waals surface area contributed by atoms with Crippen molar-refractivity contribution in [3.05, 3.63) is 88.0 Å². The van der Waals surface area contributed by atoms with Gasteiger partial charge in [-0.15, -0.1) is 0 Å². The van der Waals surface area contributed by atoms with Gasteiger partial charge in [-0.1, -0.05) is 13.0 Å². The highest BCUT2D eigenvalue weighted by atomic mass is 32.2. The summed E-state index contributed by atoms with van der Waals surface area (Å²) in [5, 5.41) is 11.5. The van der Waals surface area contributed by atoms with Gasteiger partial charge in [-0.3, -0.25) is 10.1 Å². The highest BCUT2D eigenvalue weighted by Crippen LogP contribution is 2.33. The van der Waals surface area contributed by atoms with Crippen LogP contribution >= 0.6 is 0 Å². The fourth-order valence-electron chi connectivity index (χ4n) is 3.02. The average Bonchev–Trinajstić information content (AvgIpc) is 3.22. The number of rotatable bonds is 7. The SMILES string of the molecule is CCS(=O)(=O)c1ccc2oc(C=Cc3ccc(Oc4ccc(F)cc4)c([N+](=O)[O-])c3)nc2c1. The zero-order chi connectivity index (χ0) is 23.6. The molecule has 0 saturated heterocycles. The molecule has 0 saturated carbocycles. The van der Waals surface area contributed by atoms with Gasteiger partial charge in [-0.05, 0) is 60.2 Å². The molecule has 0 bridgehead atoms. The Morgan fingerprint density at radius 1 is 1.09 bits per heavy atom. The molecule has 168 valence electrons. The third-order valence-electron chi connectivity index (χ3n) is 4.75. The fraction of sp³-hybridized carbons (Fsp3) is 0.0870. The van der Waals surface area contributed by atoms with Gasteiger partial charge in [-0.2, -0.15) is 0 Å². The van der Waals surface area contributed by atoms with E-state index in [0.717, 1.165) is 0 Å². The van der Waals surface area contributed by atoms with E-state index in [1.807, 2.05) is 0 Å². The summed E-state index contributed by atoms with van der Waals surface area (Å²) in [6.07, 6.45) is 3.09. The molecule has 3 aromatic carbocycles. The number of nitro benzene ring substituents is 1. The van der Waals surface area contributed by atoms with Crippen molar-refractivity contribution in [2.45, 2.75) is 11.8 Å². The Morgan fingerprint density at radius 2 is 1.85 bits per heavy atom. The van der Waals surface area contributed by atoms with Gasteiger partial charge in [0.2, 0.25) is 11.6 Å². The lowest BCUT2D eigenvalue weighted by atomic mass is 10.1. The lowest BCUT2D eigenvalue weighted by Gasteiger charge is -2.07. The second-order valence-electron chi connectivity index (χ2n) is 6.96. The maximum atomic E-state index is 13.1. The molecule has 0 aliphatic rings. The Labute approximate surface area is 188 Å². The molecule has 1 aromatic heterocycles. The summed E-state index contributed by atoms with van der Waals surface area (Å²) in [5.74, 6) is 0.0158. The minimum absolute atomic E-state index is 0.00952. The quantitative estimate of drug-likeness (QED) is 0.255. The lowest BCUT2D eigenvalue weighted by Crippen LogP contribution is -2.03. The minimum atomic E-state index is -3.37. The summed E-state index contributed by atoms with van der Waals surface area (Å²) in [4.78, 5) is 15.4. The Morgan fingerprint density at radius 3 is 2.55 bits per heavy atom. The molecule has 0 spiro atoms. The molecule has 0 unspecified atom stereocenters. The Hall–Kier alpha value is -4.05. The number of fused-ring (bicyclic) bond motifs is 1. The van der Waals surface area contributed by atoms with Crippen LogP contribution in [0.1, 0.15) is 18.4 Å². The molecule has 1 heterocycles. The Kier molecular flexibility index (Phi) is 5.93. The number of sulfone groups is 1. The van der Waals surface area contributed by atoms with Crippen molar-refractivity contribution >= 4 is 38.8 Å². The first-order valence-corrected chi connectivity index (χ1v) is 11.4. The molecule has 0 N–H and O–H groups in total. The number of halogens is 1. The van der Waals surface area contributed by atoms with Crippen molar-refractivity contribution in [2.75, 3.05) is 5.75 Å². The number of benzene rings is 3. The molecule has 0 aliphatic heterocycles. The van der Waals surface area contributed by atoms with Crippen LogP contribution in [0.25, 0.3) is 23.3 Å². The average molecular weight is 468 g/mol. The van der Waals surface area contributed by atoms with Crippen LogP contribution < -0.4 is 4.74 Å². The van der Waals surface area contributed by atoms with Gasteiger partial charge >= 0.3 is 5.69 Å². The van der Waals surface area contributed by atoms with Gasteiger partial charge in [0, 0.05) is 12.1 Å². The zero-order valence-electron chi connectivity index (χ0n) is 17.3. The molecular weight excluding hydrogens is 451 g/mol. The highest BCUT2D eigenvalue weighted by Gasteiger charge is 2.17. The standard InChI is InChI=1S/C23H17FN2O6S/c1-2-33(29,30)18-9-11-21-19(14-18)25-23(32-21)12-4-15-3-10-22(20(13-15)26(27)28)31-17-7-5-16(24)6-8-17/h3-14H,2H2,1H3. The van der Waals surface area contributed by atoms with Crippen LogP contribution in [0.2, 0.25) is 0 Å². The van der Waals surface area contributed by atoms with Crippen LogP contribution in [0.4, 0.5) is 10.1 Å². The molecule has 4 rings (SSSR count). The van der Waals surface area contributed by atoms with E-state index in [1.54, 1.807) is 19.1 Å². The van der Waals surface area contributed by atoms with E-state index < -0.39 is 20.6 Å². The summed E-state index contributed by atoms with van der Waals surface area (Å²) in [6.45, 7) is 1.56. The van der Waals surface area contributed by atoms with E-state index in [-0.39, 0.29) is 33.7 Å². The fourth-order valence-corrected chi connectivity index (χ4v) is 3.92. The topological polar surface area (TPSA) is 113 Å². The van der Waals surface area contributed by atoms with Crippen molar-refractivity contribution in [2.24, 2.45) is 0 Å². The molecule has 4 aromatic rings.